The van der Waals surface area contributed by atoms with Crippen LogP contribution in [0.4, 0.5) is 0 Å². The van der Waals surface area contributed by atoms with Crippen LogP contribution >= 0.6 is 0 Å². The van der Waals surface area contributed by atoms with Crippen molar-refractivity contribution >= 4 is 0 Å². The van der Waals surface area contributed by atoms with Crippen LogP contribution in [0.3, 0.4) is 0 Å². The molecule has 2 saturated heterocycles. The van der Waals surface area contributed by atoms with E-state index in [0.717, 1.165) is 19.6 Å². The highest BCUT2D eigenvalue weighted by atomic mass is 16.7. The van der Waals surface area contributed by atoms with E-state index in [1.165, 1.54) is 38.8 Å². The zero-order valence-corrected chi connectivity index (χ0v) is 13.9. The topological polar surface area (TPSA) is 22.9 Å². The fraction of sp³-hybridized carbons (Fsp3) is 1.00. The average Bonchev–Trinajstić information content (AvgIpc) is 2.75. The van der Waals surface area contributed by atoms with Crippen LogP contribution in [0.1, 0.15) is 59.8 Å². The molecule has 0 radical (unpaired) electrons. The van der Waals surface area contributed by atoms with Crippen molar-refractivity contribution in [2.45, 2.75) is 72.2 Å². The molecule has 0 saturated carbocycles. The first kappa shape index (κ1) is 16.3. The summed E-state index contributed by atoms with van der Waals surface area (Å²) in [6.45, 7) is 13.8. The van der Waals surface area contributed by atoms with Gasteiger partial charge in [-0.15, -0.1) is 0 Å². The number of piperidine rings is 1. The van der Waals surface area contributed by atoms with Gasteiger partial charge in [-0.2, -0.15) is 0 Å². The molecule has 0 amide bonds. The minimum absolute atomic E-state index is 0.0431. The molecule has 3 atom stereocenters. The number of rotatable bonds is 5. The molecule has 0 aromatic carbocycles. The monoisotopic (exact) mass is 284 g/mol. The third kappa shape index (κ3) is 5.71. The molecule has 0 aromatic rings. The quantitative estimate of drug-likeness (QED) is 0.837. The van der Waals surface area contributed by atoms with Crippen LogP contribution in [-0.4, -0.2) is 38.6 Å². The van der Waals surface area contributed by atoms with Crippen LogP contribution in [-0.2, 0) is 9.47 Å². The van der Waals surface area contributed by atoms with Crippen LogP contribution in [0.15, 0.2) is 0 Å². The lowest BCUT2D eigenvalue weighted by atomic mass is 9.84. The molecular weight excluding hydrogens is 250 g/mol. The van der Waals surface area contributed by atoms with E-state index < -0.39 is 0 Å². The summed E-state index contributed by atoms with van der Waals surface area (Å²) in [4.78, 5) is 1.72. The highest BCUT2D eigenvalue weighted by molar-refractivity contribution is 4.71. The van der Waals surface area contributed by atoms with Gasteiger partial charge in [-0.05, 0) is 37.0 Å². The predicted octanol–water partition coefficient (Wildman–Crippen LogP) is 2.26. The molecule has 1 N–H and O–H groups in total. The molecule has 0 bridgehead atoms. The van der Waals surface area contributed by atoms with Crippen molar-refractivity contribution in [2.75, 3.05) is 26.2 Å². The van der Waals surface area contributed by atoms with E-state index in [2.05, 4.69) is 27.7 Å². The first-order valence-corrected chi connectivity index (χ1v) is 8.53. The Morgan fingerprint density at radius 1 is 1.15 bits per heavy atom. The van der Waals surface area contributed by atoms with Crippen molar-refractivity contribution in [2.24, 2.45) is 11.3 Å². The van der Waals surface area contributed by atoms with Crippen molar-refractivity contribution in [3.8, 4) is 0 Å². The Hall–Kier alpha value is -0.120. The number of hydrogen-bond donors (Lipinski definition) is 1. The summed E-state index contributed by atoms with van der Waals surface area (Å²) in [5.41, 5.74) is 0.398. The van der Waals surface area contributed by atoms with E-state index in [-0.39, 0.29) is 6.29 Å². The van der Waals surface area contributed by atoms with Crippen molar-refractivity contribution in [3.05, 3.63) is 0 Å². The second-order valence-electron chi connectivity index (χ2n) is 8.14. The normalized spacial score (nSPS) is 30.6. The van der Waals surface area contributed by atoms with Crippen molar-refractivity contribution in [1.29, 1.82) is 0 Å². The predicted molar refractivity (Wildman–Crippen MR) is 81.9 cm³/mol. The van der Waals surface area contributed by atoms with Gasteiger partial charge in [-0.1, -0.05) is 27.7 Å². The largest absolute Gasteiger partial charge is 0.350 e. The molecule has 0 aromatic heterocycles. The molecule has 2 aliphatic rings. The van der Waals surface area contributed by atoms with Gasteiger partial charge < -0.3 is 14.4 Å². The second-order valence-corrected chi connectivity index (χ2v) is 8.14. The lowest BCUT2D eigenvalue weighted by Gasteiger charge is -2.26. The van der Waals surface area contributed by atoms with Gasteiger partial charge in [0, 0.05) is 6.42 Å². The average molecular weight is 284 g/mol. The van der Waals surface area contributed by atoms with Crippen LogP contribution in [0.5, 0.6) is 0 Å². The molecule has 2 fully saturated rings. The zero-order valence-electron chi connectivity index (χ0n) is 13.9. The second kappa shape index (κ2) is 7.24. The number of likely N-dealkylation sites (tertiary alicyclic amines) is 1. The Labute approximate surface area is 125 Å². The standard InChI is InChI=1S/C17H33NO2/c1-14(11-17(2,3)4)10-16-19-13-15(20-16)12-18-8-6-5-7-9-18/h14-16H,5-13H2,1-4H3/p+1/t14-,15+,16+/m1/s1. The van der Waals surface area contributed by atoms with Gasteiger partial charge in [0.25, 0.3) is 0 Å². The van der Waals surface area contributed by atoms with Gasteiger partial charge in [-0.25, -0.2) is 0 Å². The molecule has 2 aliphatic heterocycles. The van der Waals surface area contributed by atoms with E-state index in [4.69, 9.17) is 9.47 Å². The minimum atomic E-state index is 0.0431. The number of ether oxygens (including phenoxy) is 2. The summed E-state index contributed by atoms with van der Waals surface area (Å²) in [7, 11) is 0. The molecule has 20 heavy (non-hydrogen) atoms. The fourth-order valence-electron chi connectivity index (χ4n) is 3.77. The Balaban J connectivity index is 1.66. The minimum Gasteiger partial charge on any atom is -0.350 e. The SMILES string of the molecule is C[C@H](C[C@H]1OC[C@H](C[NH+]2CCCCC2)O1)CC(C)(C)C. The highest BCUT2D eigenvalue weighted by Gasteiger charge is 2.31. The molecule has 3 nitrogen and oxygen atoms in total. The Bertz CT molecular complexity index is 281. The molecule has 2 rings (SSSR count). The summed E-state index contributed by atoms with van der Waals surface area (Å²) in [6.07, 6.45) is 6.83. The molecule has 0 spiro atoms. The van der Waals surface area contributed by atoms with Crippen LogP contribution in [0.25, 0.3) is 0 Å². The molecule has 3 heteroatoms. The van der Waals surface area contributed by atoms with Gasteiger partial charge in [0.05, 0.1) is 19.7 Å². The van der Waals surface area contributed by atoms with Gasteiger partial charge in [0.15, 0.2) is 6.29 Å². The smallest absolute Gasteiger partial charge is 0.158 e. The summed E-state index contributed by atoms with van der Waals surface area (Å²) < 4.78 is 12.0. The number of hydrogen-bond acceptors (Lipinski definition) is 2. The summed E-state index contributed by atoms with van der Waals surface area (Å²) >= 11 is 0. The number of nitrogens with one attached hydrogen (secondary N) is 1. The van der Waals surface area contributed by atoms with E-state index in [1.807, 2.05) is 0 Å². The third-order valence-corrected chi connectivity index (χ3v) is 4.44. The van der Waals surface area contributed by atoms with Crippen LogP contribution < -0.4 is 4.90 Å². The molecular formula is C17H34NO2+. The van der Waals surface area contributed by atoms with Crippen LogP contribution in [0, 0.1) is 11.3 Å². The Morgan fingerprint density at radius 3 is 2.50 bits per heavy atom. The van der Waals surface area contributed by atoms with E-state index >= 15 is 0 Å². The number of quaternary nitrogens is 1. The molecule has 2 heterocycles. The maximum absolute atomic E-state index is 6.11. The van der Waals surface area contributed by atoms with Crippen molar-refractivity contribution in [1.82, 2.24) is 0 Å². The van der Waals surface area contributed by atoms with Gasteiger partial charge in [-0.3, -0.25) is 0 Å². The molecule has 118 valence electrons. The Kier molecular flexibility index (Phi) is 5.88. The molecule has 0 aliphatic carbocycles. The van der Waals surface area contributed by atoms with Gasteiger partial charge >= 0.3 is 0 Å². The first-order chi connectivity index (χ1) is 9.42. The van der Waals surface area contributed by atoms with E-state index in [9.17, 15) is 0 Å². The zero-order chi connectivity index (χ0) is 14.6. The van der Waals surface area contributed by atoms with Crippen LogP contribution in [0.2, 0.25) is 0 Å². The maximum Gasteiger partial charge on any atom is 0.158 e. The van der Waals surface area contributed by atoms with Crippen molar-refractivity contribution in [3.63, 3.8) is 0 Å². The van der Waals surface area contributed by atoms with Gasteiger partial charge in [0.1, 0.15) is 12.6 Å². The summed E-state index contributed by atoms with van der Waals surface area (Å²) in [5, 5.41) is 0. The first-order valence-electron chi connectivity index (χ1n) is 8.53. The maximum atomic E-state index is 6.11. The summed E-state index contributed by atoms with van der Waals surface area (Å²) in [6, 6.07) is 0. The fourth-order valence-corrected chi connectivity index (χ4v) is 3.77. The highest BCUT2D eigenvalue weighted by Crippen LogP contribution is 2.28. The summed E-state index contributed by atoms with van der Waals surface area (Å²) in [5.74, 6) is 0.668. The van der Waals surface area contributed by atoms with E-state index in [0.29, 0.717) is 17.4 Å². The third-order valence-electron chi connectivity index (χ3n) is 4.44. The van der Waals surface area contributed by atoms with Gasteiger partial charge in [0.2, 0.25) is 0 Å². The Morgan fingerprint density at radius 2 is 1.85 bits per heavy atom. The van der Waals surface area contributed by atoms with Crippen molar-refractivity contribution < 1.29 is 14.4 Å². The lowest BCUT2D eigenvalue weighted by molar-refractivity contribution is -0.907. The van der Waals surface area contributed by atoms with E-state index in [1.54, 1.807) is 4.90 Å². The molecule has 0 unspecified atom stereocenters. The lowest BCUT2D eigenvalue weighted by Crippen LogP contribution is -3.13.